The van der Waals surface area contributed by atoms with E-state index < -0.39 is 0 Å². The molecule has 0 aliphatic heterocycles. The zero-order valence-corrected chi connectivity index (χ0v) is 13.5. The largest absolute Gasteiger partial charge is 0.497 e. The number of nitrogens with zero attached hydrogens (tertiary/aromatic N) is 2. The summed E-state index contributed by atoms with van der Waals surface area (Å²) in [5.74, 6) is 1.20. The van der Waals surface area contributed by atoms with Gasteiger partial charge in [0.15, 0.2) is 0 Å². The number of ether oxygens (including phenoxy) is 2. The molecule has 0 bridgehead atoms. The van der Waals surface area contributed by atoms with Gasteiger partial charge in [-0.3, -0.25) is 9.48 Å². The number of rotatable bonds is 5. The number of aromatic nitrogens is 2. The van der Waals surface area contributed by atoms with Gasteiger partial charge in [0.2, 0.25) is 5.78 Å². The van der Waals surface area contributed by atoms with Crippen molar-refractivity contribution in [1.82, 2.24) is 9.78 Å². The number of halogens is 1. The fourth-order valence-electron chi connectivity index (χ4n) is 1.89. The van der Waals surface area contributed by atoms with E-state index in [1.54, 1.807) is 39.6 Å². The standard InChI is InChI=1S/C15H15BrN2O3/c1-18-15(12(16)9-17-18)13(19)7-5-10-4-6-11(20-2)8-14(10)21-3/h4-9H,1-3H3. The third-order valence-electron chi connectivity index (χ3n) is 2.98. The Bertz CT molecular complexity index is 673. The number of allylic oxidation sites excluding steroid dienone is 1. The summed E-state index contributed by atoms with van der Waals surface area (Å²) >= 11 is 3.31. The maximum Gasteiger partial charge on any atom is 0.205 e. The molecule has 21 heavy (non-hydrogen) atoms. The molecule has 0 saturated heterocycles. The Morgan fingerprint density at radius 2 is 2.10 bits per heavy atom. The Labute approximate surface area is 131 Å². The fourth-order valence-corrected chi connectivity index (χ4v) is 2.43. The lowest BCUT2D eigenvalue weighted by atomic mass is 10.1. The average Bonchev–Trinajstić information content (AvgIpc) is 2.83. The van der Waals surface area contributed by atoms with Crippen molar-refractivity contribution in [3.63, 3.8) is 0 Å². The number of benzene rings is 1. The summed E-state index contributed by atoms with van der Waals surface area (Å²) in [6, 6.07) is 5.41. The van der Waals surface area contributed by atoms with E-state index in [0.717, 1.165) is 5.56 Å². The molecule has 5 nitrogen and oxygen atoms in total. The quantitative estimate of drug-likeness (QED) is 0.614. The smallest absolute Gasteiger partial charge is 0.205 e. The number of hydrogen-bond donors (Lipinski definition) is 0. The van der Waals surface area contributed by atoms with Crippen molar-refractivity contribution in [1.29, 1.82) is 0 Å². The first-order valence-corrected chi connectivity index (χ1v) is 6.98. The molecule has 0 atom stereocenters. The van der Waals surface area contributed by atoms with Crippen LogP contribution in [0.2, 0.25) is 0 Å². The van der Waals surface area contributed by atoms with Gasteiger partial charge in [0.25, 0.3) is 0 Å². The van der Waals surface area contributed by atoms with E-state index >= 15 is 0 Å². The lowest BCUT2D eigenvalue weighted by Gasteiger charge is -2.07. The summed E-state index contributed by atoms with van der Waals surface area (Å²) in [7, 11) is 4.89. The van der Waals surface area contributed by atoms with Crippen molar-refractivity contribution in [3.8, 4) is 11.5 Å². The molecule has 0 amide bonds. The highest BCUT2D eigenvalue weighted by molar-refractivity contribution is 9.10. The van der Waals surface area contributed by atoms with Gasteiger partial charge in [-0.15, -0.1) is 0 Å². The van der Waals surface area contributed by atoms with Crippen LogP contribution in [0.1, 0.15) is 16.1 Å². The zero-order chi connectivity index (χ0) is 15.4. The molecule has 0 aliphatic carbocycles. The second kappa shape index (κ2) is 6.58. The van der Waals surface area contributed by atoms with Gasteiger partial charge in [0.1, 0.15) is 17.2 Å². The van der Waals surface area contributed by atoms with Crippen molar-refractivity contribution in [3.05, 3.63) is 46.2 Å². The second-order valence-corrected chi connectivity index (χ2v) is 5.12. The summed E-state index contributed by atoms with van der Waals surface area (Å²) in [6.07, 6.45) is 4.79. The van der Waals surface area contributed by atoms with E-state index in [4.69, 9.17) is 9.47 Å². The molecule has 0 aliphatic rings. The average molecular weight is 351 g/mol. The van der Waals surface area contributed by atoms with E-state index in [0.29, 0.717) is 21.7 Å². The second-order valence-electron chi connectivity index (χ2n) is 4.27. The lowest BCUT2D eigenvalue weighted by Crippen LogP contribution is -2.04. The molecule has 2 aromatic rings. The van der Waals surface area contributed by atoms with Crippen LogP contribution < -0.4 is 9.47 Å². The third-order valence-corrected chi connectivity index (χ3v) is 3.56. The first kappa shape index (κ1) is 15.3. The van der Waals surface area contributed by atoms with Crippen LogP contribution in [0.4, 0.5) is 0 Å². The summed E-state index contributed by atoms with van der Waals surface area (Å²) in [5.41, 5.74) is 1.30. The van der Waals surface area contributed by atoms with Gasteiger partial charge in [-0.25, -0.2) is 0 Å². The Morgan fingerprint density at radius 1 is 1.33 bits per heavy atom. The molecule has 1 aromatic carbocycles. The maximum atomic E-state index is 12.2. The highest BCUT2D eigenvalue weighted by atomic mass is 79.9. The number of ketones is 1. The first-order chi connectivity index (χ1) is 10.1. The van der Waals surface area contributed by atoms with Crippen LogP contribution in [0.5, 0.6) is 11.5 Å². The molecule has 0 N–H and O–H groups in total. The normalized spacial score (nSPS) is 10.9. The van der Waals surface area contributed by atoms with Crippen LogP contribution in [-0.2, 0) is 7.05 Å². The molecule has 6 heteroatoms. The van der Waals surface area contributed by atoms with E-state index in [-0.39, 0.29) is 5.78 Å². The van der Waals surface area contributed by atoms with Crippen molar-refractivity contribution in [2.75, 3.05) is 14.2 Å². The minimum atomic E-state index is -0.139. The number of methoxy groups -OCH3 is 2. The predicted octanol–water partition coefficient (Wildman–Crippen LogP) is 3.10. The van der Waals surface area contributed by atoms with E-state index in [1.165, 1.54) is 10.8 Å². The van der Waals surface area contributed by atoms with Crippen LogP contribution in [0.25, 0.3) is 6.08 Å². The number of carbonyl (C=O) groups is 1. The van der Waals surface area contributed by atoms with Crippen molar-refractivity contribution in [2.24, 2.45) is 7.05 Å². The highest BCUT2D eigenvalue weighted by Gasteiger charge is 2.12. The van der Waals surface area contributed by atoms with Gasteiger partial charge < -0.3 is 9.47 Å². The van der Waals surface area contributed by atoms with Crippen LogP contribution in [0, 0.1) is 0 Å². The minimum absolute atomic E-state index is 0.139. The molecule has 1 heterocycles. The van der Waals surface area contributed by atoms with Crippen LogP contribution in [0.15, 0.2) is 34.9 Å². The Hall–Kier alpha value is -2.08. The SMILES string of the molecule is COc1ccc(C=CC(=O)c2c(Br)cnn2C)c(OC)c1. The zero-order valence-electron chi connectivity index (χ0n) is 12.0. The van der Waals surface area contributed by atoms with Crippen LogP contribution >= 0.6 is 15.9 Å². The molecular formula is C15H15BrN2O3. The number of hydrogen-bond acceptors (Lipinski definition) is 4. The third kappa shape index (κ3) is 3.33. The first-order valence-electron chi connectivity index (χ1n) is 6.18. The molecule has 0 saturated carbocycles. The van der Waals surface area contributed by atoms with E-state index in [1.807, 2.05) is 12.1 Å². The van der Waals surface area contributed by atoms with Gasteiger partial charge in [0, 0.05) is 18.7 Å². The van der Waals surface area contributed by atoms with Crippen molar-refractivity contribution >= 4 is 27.8 Å². The molecule has 0 radical (unpaired) electrons. The molecule has 1 aromatic heterocycles. The molecule has 0 unspecified atom stereocenters. The number of aryl methyl sites for hydroxylation is 1. The minimum Gasteiger partial charge on any atom is -0.497 e. The summed E-state index contributed by atoms with van der Waals surface area (Å²) < 4.78 is 12.6. The van der Waals surface area contributed by atoms with Gasteiger partial charge in [-0.2, -0.15) is 5.10 Å². The topological polar surface area (TPSA) is 53.3 Å². The van der Waals surface area contributed by atoms with Gasteiger partial charge in [0.05, 0.1) is 24.9 Å². The predicted molar refractivity (Wildman–Crippen MR) is 83.8 cm³/mol. The summed E-state index contributed by atoms with van der Waals surface area (Å²) in [4.78, 5) is 12.2. The maximum absolute atomic E-state index is 12.2. The van der Waals surface area contributed by atoms with Crippen LogP contribution in [-0.4, -0.2) is 29.8 Å². The van der Waals surface area contributed by atoms with Gasteiger partial charge in [-0.05, 0) is 40.2 Å². The van der Waals surface area contributed by atoms with E-state index in [2.05, 4.69) is 21.0 Å². The Kier molecular flexibility index (Phi) is 4.80. The highest BCUT2D eigenvalue weighted by Crippen LogP contribution is 2.26. The Balaban J connectivity index is 2.27. The Morgan fingerprint density at radius 3 is 2.67 bits per heavy atom. The van der Waals surface area contributed by atoms with E-state index in [9.17, 15) is 4.79 Å². The van der Waals surface area contributed by atoms with Gasteiger partial charge in [-0.1, -0.05) is 0 Å². The summed E-state index contributed by atoms with van der Waals surface area (Å²) in [5, 5.41) is 4.02. The molecule has 0 spiro atoms. The number of carbonyl (C=O) groups excluding carboxylic acids is 1. The van der Waals surface area contributed by atoms with Crippen molar-refractivity contribution < 1.29 is 14.3 Å². The summed E-state index contributed by atoms with van der Waals surface area (Å²) in [6.45, 7) is 0. The molecule has 0 fully saturated rings. The monoisotopic (exact) mass is 350 g/mol. The fraction of sp³-hybridized carbons (Fsp3) is 0.200. The van der Waals surface area contributed by atoms with Crippen LogP contribution in [0.3, 0.4) is 0 Å². The molecule has 2 rings (SSSR count). The van der Waals surface area contributed by atoms with Gasteiger partial charge >= 0.3 is 0 Å². The molecule has 110 valence electrons. The molecular weight excluding hydrogens is 336 g/mol. The lowest BCUT2D eigenvalue weighted by molar-refractivity contribution is 0.103. The van der Waals surface area contributed by atoms with Crippen molar-refractivity contribution in [2.45, 2.75) is 0 Å².